The summed E-state index contributed by atoms with van der Waals surface area (Å²) in [5.74, 6) is 0.264. The maximum atomic E-state index is 11.9. The molecule has 0 saturated carbocycles. The molecule has 0 radical (unpaired) electrons. The molecule has 7 heteroatoms. The fraction of sp³-hybridized carbons (Fsp3) is 0.500. The second-order valence-corrected chi connectivity index (χ2v) is 5.52. The van der Waals surface area contributed by atoms with E-state index < -0.39 is 6.10 Å². The van der Waals surface area contributed by atoms with Gasteiger partial charge in [0.1, 0.15) is 24.1 Å². The highest BCUT2D eigenvalue weighted by Crippen LogP contribution is 2.26. The summed E-state index contributed by atoms with van der Waals surface area (Å²) in [4.78, 5) is 11.9. The van der Waals surface area contributed by atoms with Crippen molar-refractivity contribution in [1.29, 1.82) is 0 Å². The van der Waals surface area contributed by atoms with E-state index in [1.165, 1.54) is 0 Å². The van der Waals surface area contributed by atoms with Crippen molar-refractivity contribution in [2.75, 3.05) is 19.8 Å². The Morgan fingerprint density at radius 3 is 3.00 bits per heavy atom. The number of hydrogen-bond donors (Lipinski definition) is 2. The zero-order valence-electron chi connectivity index (χ0n) is 11.2. The first-order valence-electron chi connectivity index (χ1n) is 6.72. The molecule has 1 aromatic carbocycles. The van der Waals surface area contributed by atoms with E-state index in [-0.39, 0.29) is 37.4 Å². The van der Waals surface area contributed by atoms with Crippen LogP contribution in [0.15, 0.2) is 24.3 Å². The fourth-order valence-corrected chi connectivity index (χ4v) is 2.74. The zero-order chi connectivity index (χ0) is 14.8. The number of benzene rings is 1. The molecule has 2 fully saturated rings. The molecule has 2 N–H and O–H groups in total. The standard InChI is InChI=1S/C14H16ClNO5/c15-8-2-1-3-9(4-8)19-7-12(18)16-10-5-20-14-11(17)6-21-13(10)14/h1-4,10-11,13-14,17H,5-7H2,(H,16,18)/t10-,11-,13-,14-/m1/s1. The lowest BCUT2D eigenvalue weighted by molar-refractivity contribution is -0.124. The van der Waals surface area contributed by atoms with Crippen LogP contribution in [0.5, 0.6) is 5.75 Å². The maximum absolute atomic E-state index is 11.9. The molecular formula is C14H16ClNO5. The van der Waals surface area contributed by atoms with Crippen LogP contribution in [-0.2, 0) is 14.3 Å². The normalized spacial score (nSPS) is 31.0. The van der Waals surface area contributed by atoms with Crippen LogP contribution in [0.1, 0.15) is 0 Å². The average Bonchev–Trinajstić information content (AvgIpc) is 3.01. The fourth-order valence-electron chi connectivity index (χ4n) is 2.56. The van der Waals surface area contributed by atoms with Crippen LogP contribution < -0.4 is 10.1 Å². The molecule has 2 saturated heterocycles. The first-order chi connectivity index (χ1) is 10.1. The third kappa shape index (κ3) is 3.29. The van der Waals surface area contributed by atoms with Crippen molar-refractivity contribution in [3.8, 4) is 5.75 Å². The van der Waals surface area contributed by atoms with Crippen LogP contribution in [-0.4, -0.2) is 55.2 Å². The molecule has 0 aromatic heterocycles. The number of hydrogen-bond acceptors (Lipinski definition) is 5. The molecule has 0 aliphatic carbocycles. The summed E-state index contributed by atoms with van der Waals surface area (Å²) >= 11 is 5.83. The minimum Gasteiger partial charge on any atom is -0.484 e. The average molecular weight is 314 g/mol. The van der Waals surface area contributed by atoms with E-state index in [2.05, 4.69) is 5.32 Å². The lowest BCUT2D eigenvalue weighted by atomic mass is 10.1. The molecule has 1 aromatic rings. The van der Waals surface area contributed by atoms with Gasteiger partial charge in [-0.2, -0.15) is 0 Å². The second kappa shape index (κ2) is 6.19. The highest BCUT2D eigenvalue weighted by atomic mass is 35.5. The molecule has 3 rings (SSSR count). The number of carbonyl (C=O) groups excluding carboxylic acids is 1. The number of rotatable bonds is 4. The van der Waals surface area contributed by atoms with Gasteiger partial charge in [-0.15, -0.1) is 0 Å². The first-order valence-corrected chi connectivity index (χ1v) is 7.10. The minimum absolute atomic E-state index is 0.114. The van der Waals surface area contributed by atoms with Gasteiger partial charge in [0.2, 0.25) is 0 Å². The van der Waals surface area contributed by atoms with Crippen molar-refractivity contribution in [2.45, 2.75) is 24.4 Å². The van der Waals surface area contributed by atoms with E-state index in [1.54, 1.807) is 24.3 Å². The van der Waals surface area contributed by atoms with E-state index in [1.807, 2.05) is 0 Å². The Labute approximate surface area is 126 Å². The van der Waals surface area contributed by atoms with E-state index in [0.717, 1.165) is 0 Å². The summed E-state index contributed by atoms with van der Waals surface area (Å²) in [6.45, 7) is 0.451. The van der Waals surface area contributed by atoms with Gasteiger partial charge in [0.25, 0.3) is 5.91 Å². The van der Waals surface area contributed by atoms with Crippen molar-refractivity contribution in [1.82, 2.24) is 5.32 Å². The molecule has 0 spiro atoms. The number of aliphatic hydroxyl groups excluding tert-OH is 1. The van der Waals surface area contributed by atoms with Crippen LogP contribution in [0.2, 0.25) is 5.02 Å². The maximum Gasteiger partial charge on any atom is 0.258 e. The van der Waals surface area contributed by atoms with Crippen LogP contribution in [0, 0.1) is 0 Å². The molecule has 4 atom stereocenters. The summed E-state index contributed by atoms with van der Waals surface area (Å²) < 4.78 is 16.2. The topological polar surface area (TPSA) is 77.0 Å². The summed E-state index contributed by atoms with van der Waals surface area (Å²) in [6.07, 6.45) is -1.28. The lowest BCUT2D eigenvalue weighted by Gasteiger charge is -2.17. The number of carbonyl (C=O) groups is 1. The zero-order valence-corrected chi connectivity index (χ0v) is 12.0. The Morgan fingerprint density at radius 2 is 2.19 bits per heavy atom. The summed E-state index contributed by atoms with van der Waals surface area (Å²) in [7, 11) is 0. The molecule has 2 aliphatic rings. The molecular weight excluding hydrogens is 298 g/mol. The smallest absolute Gasteiger partial charge is 0.258 e. The second-order valence-electron chi connectivity index (χ2n) is 5.08. The molecule has 0 bridgehead atoms. The SMILES string of the molecule is O=C(COc1cccc(Cl)c1)N[C@@H]1CO[C@H]2[C@@H]1OC[C@H]2O. The third-order valence-electron chi connectivity index (χ3n) is 3.54. The minimum atomic E-state index is -0.625. The Bertz CT molecular complexity index is 526. The molecule has 6 nitrogen and oxygen atoms in total. The predicted molar refractivity (Wildman–Crippen MR) is 74.4 cm³/mol. The largest absolute Gasteiger partial charge is 0.484 e. The van der Waals surface area contributed by atoms with Gasteiger partial charge in [-0.05, 0) is 18.2 Å². The number of halogens is 1. The van der Waals surface area contributed by atoms with Crippen molar-refractivity contribution < 1.29 is 24.1 Å². The van der Waals surface area contributed by atoms with Gasteiger partial charge in [-0.1, -0.05) is 17.7 Å². The Hall–Kier alpha value is -1.34. The van der Waals surface area contributed by atoms with Gasteiger partial charge >= 0.3 is 0 Å². The molecule has 21 heavy (non-hydrogen) atoms. The molecule has 2 heterocycles. The van der Waals surface area contributed by atoms with E-state index in [9.17, 15) is 9.90 Å². The molecule has 0 unspecified atom stereocenters. The van der Waals surface area contributed by atoms with Crippen molar-refractivity contribution in [2.24, 2.45) is 0 Å². The Kier molecular flexibility index (Phi) is 4.30. The van der Waals surface area contributed by atoms with E-state index in [4.69, 9.17) is 25.8 Å². The van der Waals surface area contributed by atoms with E-state index >= 15 is 0 Å². The van der Waals surface area contributed by atoms with Crippen molar-refractivity contribution >= 4 is 17.5 Å². The highest BCUT2D eigenvalue weighted by Gasteiger charge is 2.47. The van der Waals surface area contributed by atoms with Crippen molar-refractivity contribution in [3.63, 3.8) is 0 Å². The number of ether oxygens (including phenoxy) is 3. The van der Waals surface area contributed by atoms with Gasteiger partial charge in [-0.25, -0.2) is 0 Å². The van der Waals surface area contributed by atoms with Gasteiger partial charge in [-0.3, -0.25) is 4.79 Å². The van der Waals surface area contributed by atoms with Crippen LogP contribution in [0.25, 0.3) is 0 Å². The van der Waals surface area contributed by atoms with Crippen LogP contribution in [0.3, 0.4) is 0 Å². The van der Waals surface area contributed by atoms with Gasteiger partial charge in [0.15, 0.2) is 6.61 Å². The monoisotopic (exact) mass is 313 g/mol. The predicted octanol–water partition coefficient (Wildman–Crippen LogP) is 0.362. The Morgan fingerprint density at radius 1 is 1.38 bits per heavy atom. The Balaban J connectivity index is 1.49. The van der Waals surface area contributed by atoms with Crippen LogP contribution >= 0.6 is 11.6 Å². The summed E-state index contributed by atoms with van der Waals surface area (Å²) in [5.41, 5.74) is 0. The van der Waals surface area contributed by atoms with Gasteiger partial charge in [0.05, 0.1) is 19.3 Å². The molecule has 114 valence electrons. The van der Waals surface area contributed by atoms with Crippen LogP contribution in [0.4, 0.5) is 0 Å². The number of amides is 1. The van der Waals surface area contributed by atoms with Gasteiger partial charge < -0.3 is 24.6 Å². The van der Waals surface area contributed by atoms with E-state index in [0.29, 0.717) is 17.4 Å². The van der Waals surface area contributed by atoms with Crippen molar-refractivity contribution in [3.05, 3.63) is 29.3 Å². The quantitative estimate of drug-likeness (QED) is 0.839. The first kappa shape index (κ1) is 14.6. The highest BCUT2D eigenvalue weighted by molar-refractivity contribution is 6.30. The number of aliphatic hydroxyl groups is 1. The third-order valence-corrected chi connectivity index (χ3v) is 3.77. The summed E-state index contributed by atoms with van der Waals surface area (Å²) in [5, 5.41) is 13.0. The van der Waals surface area contributed by atoms with Gasteiger partial charge in [0, 0.05) is 5.02 Å². The molecule has 2 aliphatic heterocycles. The number of fused-ring (bicyclic) bond motifs is 1. The number of nitrogens with one attached hydrogen (secondary N) is 1. The summed E-state index contributed by atoms with van der Waals surface area (Å²) in [6, 6.07) is 6.58. The lowest BCUT2D eigenvalue weighted by Crippen LogP contribution is -2.45. The molecule has 1 amide bonds.